The van der Waals surface area contributed by atoms with E-state index in [2.05, 4.69) is 15.2 Å². The summed E-state index contributed by atoms with van der Waals surface area (Å²) in [4.78, 5) is 2.90. The van der Waals surface area contributed by atoms with E-state index in [1.54, 1.807) is 0 Å². The van der Waals surface area contributed by atoms with Gasteiger partial charge in [-0.05, 0) is 0 Å². The second-order valence-electron chi connectivity index (χ2n) is 1.03. The molecule has 0 fully saturated rings. The van der Waals surface area contributed by atoms with Gasteiger partial charge in [0.1, 0.15) is 6.54 Å². The molecular formula is C3H6N3+. The van der Waals surface area contributed by atoms with Crippen LogP contribution in [0.2, 0.25) is 0 Å². The molecule has 0 atom stereocenters. The molecule has 6 heavy (non-hydrogen) atoms. The van der Waals surface area contributed by atoms with Crippen LogP contribution in [0, 0.1) is 0 Å². The minimum Gasteiger partial charge on any atom is -0.229 e. The Balaban J connectivity index is 2.40. The Morgan fingerprint density at radius 1 is 1.50 bits per heavy atom. The molecule has 1 rings (SSSR count). The molecule has 0 aromatic carbocycles. The van der Waals surface area contributed by atoms with Crippen molar-refractivity contribution in [2.24, 2.45) is 10.2 Å². The molecule has 1 heterocycles. The second kappa shape index (κ2) is 1.64. The predicted octanol–water partition coefficient (Wildman–Crippen LogP) is -1.44. The van der Waals surface area contributed by atoms with Crippen molar-refractivity contribution in [2.45, 2.75) is 0 Å². The lowest BCUT2D eigenvalue weighted by molar-refractivity contribution is -0.453. The van der Waals surface area contributed by atoms with E-state index in [0.717, 1.165) is 6.54 Å². The highest BCUT2D eigenvalue weighted by atomic mass is 15.2. The van der Waals surface area contributed by atoms with Gasteiger partial charge in [-0.3, -0.25) is 0 Å². The van der Waals surface area contributed by atoms with E-state index < -0.39 is 0 Å². The zero-order valence-electron chi connectivity index (χ0n) is 3.39. The minimum absolute atomic E-state index is 0.653. The second-order valence-corrected chi connectivity index (χ2v) is 1.03. The molecule has 0 bridgehead atoms. The summed E-state index contributed by atoms with van der Waals surface area (Å²) in [7, 11) is 0. The minimum atomic E-state index is 0.653. The van der Waals surface area contributed by atoms with E-state index in [1.165, 1.54) is 0 Å². The van der Waals surface area contributed by atoms with Crippen LogP contribution in [0.25, 0.3) is 0 Å². The number of nitrogens with one attached hydrogen (secondary N) is 1. The summed E-state index contributed by atoms with van der Waals surface area (Å²) in [6, 6.07) is 0. The van der Waals surface area contributed by atoms with Crippen LogP contribution in [-0.4, -0.2) is 19.4 Å². The lowest BCUT2D eigenvalue weighted by Gasteiger charge is -1.81. The molecule has 0 spiro atoms. The Labute approximate surface area is 35.8 Å². The van der Waals surface area contributed by atoms with Gasteiger partial charge in [0.2, 0.25) is 0 Å². The fraction of sp³-hybridized carbons (Fsp3) is 0.667. The summed E-state index contributed by atoms with van der Waals surface area (Å²) >= 11 is 0. The van der Waals surface area contributed by atoms with Crippen molar-refractivity contribution in [3.63, 3.8) is 0 Å². The summed E-state index contributed by atoms with van der Waals surface area (Å²) in [6.45, 7) is 1.38. The van der Waals surface area contributed by atoms with Crippen LogP contribution in [0.4, 0.5) is 0 Å². The first-order chi connectivity index (χ1) is 3.00. The Morgan fingerprint density at radius 2 is 2.50 bits per heavy atom. The molecule has 1 N–H and O–H groups in total. The molecule has 0 aromatic heterocycles. The quantitative estimate of drug-likeness (QED) is 0.373. The average Bonchev–Trinajstić information content (AvgIpc) is 1.72. The van der Waals surface area contributed by atoms with Crippen molar-refractivity contribution < 1.29 is 4.99 Å². The molecule has 0 saturated carbocycles. The standard InChI is InChI=1S/C3H5N3/c1-2-5-6-3-4-1/h1H,2-3H2/p+1. The topological polar surface area (TPSA) is 38.7 Å². The van der Waals surface area contributed by atoms with Crippen LogP contribution in [-0.2, 0) is 0 Å². The summed E-state index contributed by atoms with van der Waals surface area (Å²) in [5, 5.41) is 7.34. The van der Waals surface area contributed by atoms with Gasteiger partial charge < -0.3 is 0 Å². The van der Waals surface area contributed by atoms with Crippen LogP contribution in [0.1, 0.15) is 0 Å². The third-order valence-corrected chi connectivity index (χ3v) is 0.579. The monoisotopic (exact) mass is 84.1 g/mol. The zero-order chi connectivity index (χ0) is 4.24. The van der Waals surface area contributed by atoms with Crippen molar-refractivity contribution in [1.82, 2.24) is 0 Å². The van der Waals surface area contributed by atoms with E-state index in [4.69, 9.17) is 0 Å². The molecular weight excluding hydrogens is 78.1 g/mol. The van der Waals surface area contributed by atoms with Gasteiger partial charge in [0.05, 0.1) is 0 Å². The smallest absolute Gasteiger partial charge is 0.229 e. The molecule has 32 valence electrons. The lowest BCUT2D eigenvalue weighted by Crippen LogP contribution is -2.69. The van der Waals surface area contributed by atoms with Gasteiger partial charge in [-0.1, -0.05) is 0 Å². The molecule has 0 aromatic rings. The van der Waals surface area contributed by atoms with Crippen LogP contribution in [0.3, 0.4) is 0 Å². The van der Waals surface area contributed by atoms with E-state index in [1.807, 2.05) is 6.21 Å². The van der Waals surface area contributed by atoms with Gasteiger partial charge in [0.25, 0.3) is 6.67 Å². The van der Waals surface area contributed by atoms with Crippen LogP contribution < -0.4 is 4.99 Å². The third kappa shape index (κ3) is 0.607. The zero-order valence-corrected chi connectivity index (χ0v) is 3.39. The van der Waals surface area contributed by atoms with Crippen molar-refractivity contribution >= 4 is 6.21 Å². The van der Waals surface area contributed by atoms with Crippen LogP contribution in [0.5, 0.6) is 0 Å². The van der Waals surface area contributed by atoms with E-state index in [0.29, 0.717) is 6.67 Å². The van der Waals surface area contributed by atoms with Gasteiger partial charge in [-0.25, -0.2) is 4.99 Å². The van der Waals surface area contributed by atoms with E-state index in [-0.39, 0.29) is 0 Å². The molecule has 1 aliphatic rings. The number of hydrogen-bond donors (Lipinski definition) is 1. The number of azo groups is 1. The molecule has 3 nitrogen and oxygen atoms in total. The average molecular weight is 84.1 g/mol. The summed E-state index contributed by atoms with van der Waals surface area (Å²) in [5.41, 5.74) is 0. The third-order valence-electron chi connectivity index (χ3n) is 0.579. The van der Waals surface area contributed by atoms with Crippen molar-refractivity contribution in [3.05, 3.63) is 0 Å². The molecule has 0 unspecified atom stereocenters. The molecule has 0 radical (unpaired) electrons. The molecule has 0 amide bonds. The fourth-order valence-corrected chi connectivity index (χ4v) is 0.318. The highest BCUT2D eigenvalue weighted by Crippen LogP contribution is 1.66. The first-order valence-corrected chi connectivity index (χ1v) is 1.88. The van der Waals surface area contributed by atoms with Gasteiger partial charge in [-0.2, -0.15) is 5.11 Å². The number of nitrogens with zero attached hydrogens (tertiary/aromatic N) is 2. The first-order valence-electron chi connectivity index (χ1n) is 1.88. The van der Waals surface area contributed by atoms with Gasteiger partial charge in [0.15, 0.2) is 6.21 Å². The van der Waals surface area contributed by atoms with Crippen LogP contribution >= 0.6 is 0 Å². The summed E-state index contributed by atoms with van der Waals surface area (Å²) in [5.74, 6) is 0. The van der Waals surface area contributed by atoms with Gasteiger partial charge in [0, 0.05) is 0 Å². The predicted molar refractivity (Wildman–Crippen MR) is 21.6 cm³/mol. The highest BCUT2D eigenvalue weighted by molar-refractivity contribution is 5.52. The number of rotatable bonds is 0. The highest BCUT2D eigenvalue weighted by Gasteiger charge is 1.84. The SMILES string of the molecule is C1=[NH+]CN=NC1. The maximum atomic E-state index is 3.68. The Morgan fingerprint density at radius 3 is 2.67 bits per heavy atom. The molecule has 3 heteroatoms. The van der Waals surface area contributed by atoms with Crippen molar-refractivity contribution in [2.75, 3.05) is 13.2 Å². The van der Waals surface area contributed by atoms with Crippen molar-refractivity contribution in [1.29, 1.82) is 0 Å². The fourth-order valence-electron chi connectivity index (χ4n) is 0.318. The molecule has 0 saturated heterocycles. The lowest BCUT2D eigenvalue weighted by atomic mass is 10.7. The largest absolute Gasteiger partial charge is 0.252 e. The first kappa shape index (κ1) is 3.46. The maximum absolute atomic E-state index is 3.68. The van der Waals surface area contributed by atoms with E-state index >= 15 is 0 Å². The normalized spacial score (nSPS) is 18.7. The van der Waals surface area contributed by atoms with Crippen LogP contribution in [0.15, 0.2) is 10.2 Å². The summed E-state index contributed by atoms with van der Waals surface area (Å²) in [6.07, 6.45) is 1.88. The molecule has 0 aliphatic carbocycles. The maximum Gasteiger partial charge on any atom is 0.252 e. The Bertz CT molecular complexity index is 64.0. The van der Waals surface area contributed by atoms with Gasteiger partial charge >= 0.3 is 0 Å². The molecule has 1 aliphatic heterocycles. The number of hydrogen-bond acceptors (Lipinski definition) is 2. The Kier molecular flexibility index (Phi) is 0.948. The Hall–Kier alpha value is -0.730. The summed E-state index contributed by atoms with van der Waals surface area (Å²) < 4.78 is 0. The van der Waals surface area contributed by atoms with E-state index in [9.17, 15) is 0 Å². The van der Waals surface area contributed by atoms with Gasteiger partial charge in [-0.15, -0.1) is 5.11 Å². The van der Waals surface area contributed by atoms with Crippen molar-refractivity contribution in [3.8, 4) is 0 Å².